The fourth-order valence-electron chi connectivity index (χ4n) is 6.21. The van der Waals surface area contributed by atoms with Crippen molar-refractivity contribution in [2.45, 2.75) is 12.4 Å². The summed E-state index contributed by atoms with van der Waals surface area (Å²) in [5, 5.41) is 22.0. The van der Waals surface area contributed by atoms with E-state index in [1.165, 1.54) is 12.1 Å². The Hall–Kier alpha value is -5.74. The first-order chi connectivity index (χ1) is 21.1. The van der Waals surface area contributed by atoms with Crippen molar-refractivity contribution in [2.24, 2.45) is 0 Å². The normalized spacial score (nSPS) is 12.3. The number of aromatic nitrogens is 2. The fraction of sp³-hybridized carbons (Fsp3) is 0.0588. The Morgan fingerprint density at radius 3 is 1.30 bits per heavy atom. The molecular formula is C34H16F6N4. The number of fused-ring (bicyclic) bond motifs is 7. The van der Waals surface area contributed by atoms with Gasteiger partial charge in [-0.2, -0.15) is 36.9 Å². The average Bonchev–Trinajstić information content (AvgIpc) is 3.52. The van der Waals surface area contributed by atoms with Crippen molar-refractivity contribution in [1.82, 2.24) is 9.13 Å². The molecular weight excluding hydrogens is 578 g/mol. The van der Waals surface area contributed by atoms with Crippen molar-refractivity contribution < 1.29 is 26.3 Å². The molecule has 0 saturated carbocycles. The van der Waals surface area contributed by atoms with Crippen molar-refractivity contribution in [3.63, 3.8) is 0 Å². The van der Waals surface area contributed by atoms with Gasteiger partial charge in [0, 0.05) is 21.5 Å². The van der Waals surface area contributed by atoms with Crippen LogP contribution in [0.3, 0.4) is 0 Å². The standard InChI is InChI=1S/C34H16F6N4/c35-33(36,37)23-11-6-12-24(34(38,39)40)32(23)44-26-14-4-2-10-22(26)30-28(44)16-15-27-29(30)21-9-1-3-13-25(21)43(27)31-19(17-41)7-5-8-20(31)18-42/h1-16H. The summed E-state index contributed by atoms with van der Waals surface area (Å²) in [4.78, 5) is 0. The number of hydrogen-bond acceptors (Lipinski definition) is 2. The molecule has 0 radical (unpaired) electrons. The van der Waals surface area contributed by atoms with Gasteiger partial charge >= 0.3 is 12.4 Å². The molecule has 5 aromatic carbocycles. The summed E-state index contributed by atoms with van der Waals surface area (Å²) < 4.78 is 89.0. The summed E-state index contributed by atoms with van der Waals surface area (Å²) in [5.74, 6) is 0. The molecule has 0 fully saturated rings. The van der Waals surface area contributed by atoms with Crippen LogP contribution >= 0.6 is 0 Å². The number of halogens is 6. The third-order valence-corrected chi connectivity index (χ3v) is 7.84. The minimum absolute atomic E-state index is 0.137. The van der Waals surface area contributed by atoms with Crippen LogP contribution in [0.4, 0.5) is 26.3 Å². The Morgan fingerprint density at radius 2 is 0.864 bits per heavy atom. The molecule has 7 rings (SSSR count). The van der Waals surface area contributed by atoms with Gasteiger partial charge in [-0.25, -0.2) is 0 Å². The third kappa shape index (κ3) is 3.78. The Labute approximate surface area is 244 Å². The molecule has 0 saturated heterocycles. The summed E-state index contributed by atoms with van der Waals surface area (Å²) in [6, 6.07) is 27.7. The van der Waals surface area contributed by atoms with E-state index < -0.39 is 29.2 Å². The van der Waals surface area contributed by atoms with Crippen LogP contribution in [0.1, 0.15) is 22.3 Å². The van der Waals surface area contributed by atoms with Crippen LogP contribution in [0.15, 0.2) is 97.1 Å². The number of alkyl halides is 6. The van der Waals surface area contributed by atoms with E-state index in [-0.39, 0.29) is 22.2 Å². The average molecular weight is 595 g/mol. The van der Waals surface area contributed by atoms with Crippen molar-refractivity contribution in [2.75, 3.05) is 0 Å². The number of nitriles is 2. The quantitative estimate of drug-likeness (QED) is 0.187. The van der Waals surface area contributed by atoms with Gasteiger partial charge in [0.2, 0.25) is 0 Å². The summed E-state index contributed by atoms with van der Waals surface area (Å²) in [6.07, 6.45) is -10.2. The van der Waals surface area contributed by atoms with Crippen LogP contribution in [0.2, 0.25) is 0 Å². The molecule has 4 nitrogen and oxygen atoms in total. The van der Waals surface area contributed by atoms with Gasteiger partial charge in [-0.05, 0) is 48.5 Å². The molecule has 0 unspecified atom stereocenters. The summed E-state index contributed by atoms with van der Waals surface area (Å²) in [6.45, 7) is 0. The molecule has 10 heteroatoms. The molecule has 0 aliphatic heterocycles. The SMILES string of the molecule is N#Cc1cccc(C#N)c1-n1c2ccccc2c2c3c4ccccc4n(-c4c(C(F)(F)F)cccc4C(F)(F)F)c3ccc21. The van der Waals surface area contributed by atoms with Gasteiger partial charge < -0.3 is 9.13 Å². The van der Waals surface area contributed by atoms with Crippen LogP contribution in [0.25, 0.3) is 55.0 Å². The lowest BCUT2D eigenvalue weighted by Gasteiger charge is -2.21. The Balaban J connectivity index is 1.74. The molecule has 0 amide bonds. The summed E-state index contributed by atoms with van der Waals surface area (Å²) >= 11 is 0. The van der Waals surface area contributed by atoms with Gasteiger partial charge in [-0.15, -0.1) is 0 Å². The molecule has 214 valence electrons. The van der Waals surface area contributed by atoms with Gasteiger partial charge in [-0.3, -0.25) is 0 Å². The maximum Gasteiger partial charge on any atom is 0.418 e. The Morgan fingerprint density at radius 1 is 0.455 bits per heavy atom. The largest absolute Gasteiger partial charge is 0.418 e. The Bertz CT molecular complexity index is 2330. The van der Waals surface area contributed by atoms with Crippen molar-refractivity contribution in [1.29, 1.82) is 10.5 Å². The maximum absolute atomic E-state index is 14.4. The van der Waals surface area contributed by atoms with Crippen LogP contribution in [-0.4, -0.2) is 9.13 Å². The number of para-hydroxylation sites is 4. The third-order valence-electron chi connectivity index (χ3n) is 7.84. The summed E-state index contributed by atoms with van der Waals surface area (Å²) in [7, 11) is 0. The van der Waals surface area contributed by atoms with Gasteiger partial charge in [0.25, 0.3) is 0 Å². The number of rotatable bonds is 2. The van der Waals surface area contributed by atoms with E-state index in [0.29, 0.717) is 50.4 Å². The predicted octanol–water partition coefficient (Wildman–Crippen LogP) is 9.66. The Kier molecular flexibility index (Phi) is 5.78. The van der Waals surface area contributed by atoms with E-state index >= 15 is 0 Å². The molecule has 2 aromatic heterocycles. The highest BCUT2D eigenvalue weighted by atomic mass is 19.4. The molecule has 0 N–H and O–H groups in total. The first-order valence-corrected chi connectivity index (χ1v) is 13.2. The predicted molar refractivity (Wildman–Crippen MR) is 155 cm³/mol. The maximum atomic E-state index is 14.4. The smallest absolute Gasteiger partial charge is 0.308 e. The first-order valence-electron chi connectivity index (χ1n) is 13.2. The number of nitrogens with zero attached hydrogens (tertiary/aromatic N) is 4. The van der Waals surface area contributed by atoms with Gasteiger partial charge in [0.15, 0.2) is 0 Å². The highest BCUT2D eigenvalue weighted by Crippen LogP contribution is 2.47. The lowest BCUT2D eigenvalue weighted by Crippen LogP contribution is -2.17. The molecule has 7 aromatic rings. The molecule has 2 heterocycles. The zero-order valence-corrected chi connectivity index (χ0v) is 22.3. The molecule has 0 aliphatic carbocycles. The van der Waals surface area contributed by atoms with Gasteiger partial charge in [-0.1, -0.05) is 48.5 Å². The molecule has 0 spiro atoms. The first kappa shape index (κ1) is 27.1. The van der Waals surface area contributed by atoms with Crippen LogP contribution in [0.5, 0.6) is 0 Å². The highest BCUT2D eigenvalue weighted by molar-refractivity contribution is 6.29. The zero-order valence-electron chi connectivity index (χ0n) is 22.3. The minimum Gasteiger partial charge on any atom is -0.308 e. The molecule has 0 atom stereocenters. The van der Waals surface area contributed by atoms with E-state index in [1.54, 1.807) is 71.3 Å². The van der Waals surface area contributed by atoms with E-state index in [1.807, 2.05) is 0 Å². The molecule has 0 bridgehead atoms. The van der Waals surface area contributed by atoms with E-state index in [9.17, 15) is 36.9 Å². The second-order valence-corrected chi connectivity index (χ2v) is 10.2. The highest BCUT2D eigenvalue weighted by Gasteiger charge is 2.42. The second-order valence-electron chi connectivity index (χ2n) is 10.2. The lowest BCUT2D eigenvalue weighted by molar-refractivity contribution is -0.142. The van der Waals surface area contributed by atoms with Crippen LogP contribution in [-0.2, 0) is 12.4 Å². The lowest BCUT2D eigenvalue weighted by atomic mass is 10.0. The fourth-order valence-corrected chi connectivity index (χ4v) is 6.21. The van der Waals surface area contributed by atoms with Crippen molar-refractivity contribution in [3.8, 4) is 23.5 Å². The van der Waals surface area contributed by atoms with Crippen molar-refractivity contribution in [3.05, 3.63) is 119 Å². The minimum atomic E-state index is -5.08. The topological polar surface area (TPSA) is 57.4 Å². The monoisotopic (exact) mass is 594 g/mol. The summed E-state index contributed by atoms with van der Waals surface area (Å²) in [5.41, 5.74) is -1.64. The van der Waals surface area contributed by atoms with E-state index in [0.717, 1.165) is 10.6 Å². The van der Waals surface area contributed by atoms with E-state index in [4.69, 9.17) is 0 Å². The number of benzene rings is 5. The number of hydrogen-bond donors (Lipinski definition) is 0. The van der Waals surface area contributed by atoms with Crippen LogP contribution < -0.4 is 0 Å². The molecule has 0 aliphatic rings. The van der Waals surface area contributed by atoms with Crippen molar-refractivity contribution >= 4 is 43.6 Å². The van der Waals surface area contributed by atoms with Gasteiger partial charge in [0.05, 0.1) is 55.7 Å². The second kappa shape index (κ2) is 9.38. The van der Waals surface area contributed by atoms with E-state index in [2.05, 4.69) is 12.1 Å². The van der Waals surface area contributed by atoms with Crippen LogP contribution in [0, 0.1) is 22.7 Å². The molecule has 44 heavy (non-hydrogen) atoms. The zero-order chi connectivity index (χ0) is 31.0. The van der Waals surface area contributed by atoms with Gasteiger partial charge in [0.1, 0.15) is 12.1 Å².